The van der Waals surface area contributed by atoms with Gasteiger partial charge in [-0.25, -0.2) is 0 Å². The zero-order valence-electron chi connectivity index (χ0n) is 17.1. The molecule has 0 atom stereocenters. The number of fused-ring (bicyclic) bond motifs is 1. The molecule has 0 radical (unpaired) electrons. The van der Waals surface area contributed by atoms with E-state index in [9.17, 15) is 4.79 Å². The number of aryl methyl sites for hydroxylation is 1. The molecule has 0 spiro atoms. The zero-order chi connectivity index (χ0) is 20.6. The van der Waals surface area contributed by atoms with Gasteiger partial charge in [0.05, 0.1) is 11.2 Å². The molecule has 5 heteroatoms. The van der Waals surface area contributed by atoms with E-state index in [4.69, 9.17) is 0 Å². The molecular formula is C24H24N4O. The van der Waals surface area contributed by atoms with Gasteiger partial charge in [-0.1, -0.05) is 57.2 Å². The highest BCUT2D eigenvalue weighted by Crippen LogP contribution is 2.25. The van der Waals surface area contributed by atoms with Crippen molar-refractivity contribution in [2.45, 2.75) is 26.2 Å². The van der Waals surface area contributed by atoms with E-state index in [1.165, 1.54) is 0 Å². The van der Waals surface area contributed by atoms with E-state index in [0.29, 0.717) is 11.4 Å². The summed E-state index contributed by atoms with van der Waals surface area (Å²) >= 11 is 0. The highest BCUT2D eigenvalue weighted by Gasteiger charge is 2.20. The van der Waals surface area contributed by atoms with Gasteiger partial charge in [-0.2, -0.15) is 5.10 Å². The molecule has 0 aliphatic rings. The number of aromatic nitrogens is 3. The minimum atomic E-state index is -0.177. The number of benzene rings is 2. The molecule has 146 valence electrons. The predicted octanol–water partition coefficient (Wildman–Crippen LogP) is 5.19. The Morgan fingerprint density at radius 3 is 2.41 bits per heavy atom. The number of nitrogens with zero attached hydrogens (tertiary/aromatic N) is 3. The molecule has 0 aliphatic carbocycles. The summed E-state index contributed by atoms with van der Waals surface area (Å²) in [6, 6.07) is 19.7. The number of amides is 1. The Bertz CT molecular complexity index is 1190. The van der Waals surface area contributed by atoms with Crippen LogP contribution in [-0.4, -0.2) is 20.7 Å². The van der Waals surface area contributed by atoms with Crippen LogP contribution in [0.3, 0.4) is 0 Å². The molecule has 2 heterocycles. The van der Waals surface area contributed by atoms with Gasteiger partial charge in [-0.15, -0.1) is 0 Å². The fourth-order valence-electron chi connectivity index (χ4n) is 3.19. The third-order valence-electron chi connectivity index (χ3n) is 4.94. The summed E-state index contributed by atoms with van der Waals surface area (Å²) in [5, 5.41) is 8.46. The van der Waals surface area contributed by atoms with E-state index >= 15 is 0 Å². The third-order valence-corrected chi connectivity index (χ3v) is 4.94. The van der Waals surface area contributed by atoms with Gasteiger partial charge < -0.3 is 5.32 Å². The molecule has 0 bridgehead atoms. The maximum absolute atomic E-state index is 12.8. The quantitative estimate of drug-likeness (QED) is 0.529. The van der Waals surface area contributed by atoms with Gasteiger partial charge in [0.25, 0.3) is 5.91 Å². The van der Waals surface area contributed by atoms with Crippen molar-refractivity contribution in [2.75, 3.05) is 5.32 Å². The lowest BCUT2D eigenvalue weighted by atomic mass is 9.92. The Morgan fingerprint density at radius 1 is 0.966 bits per heavy atom. The van der Waals surface area contributed by atoms with Crippen LogP contribution in [-0.2, 0) is 12.5 Å². The molecular weight excluding hydrogens is 360 g/mol. The molecule has 2 aromatic heterocycles. The van der Waals surface area contributed by atoms with Crippen molar-refractivity contribution in [3.05, 3.63) is 78.1 Å². The first-order valence-electron chi connectivity index (χ1n) is 9.62. The highest BCUT2D eigenvalue weighted by molar-refractivity contribution is 6.05. The zero-order valence-corrected chi connectivity index (χ0v) is 17.1. The standard InChI is InChI=1S/C24H24N4O/c1-24(2,3)21-14-22(28(4)27-21)26-23(29)18-11-10-17-12-19(15-25-20(17)13-18)16-8-6-5-7-9-16/h5-15H,1-4H3,(H,26,29). The number of hydrogen-bond acceptors (Lipinski definition) is 3. The van der Waals surface area contributed by atoms with Gasteiger partial charge in [0.1, 0.15) is 5.82 Å². The number of nitrogens with one attached hydrogen (secondary N) is 1. The molecule has 2 aromatic carbocycles. The Hall–Kier alpha value is -3.47. The fourth-order valence-corrected chi connectivity index (χ4v) is 3.19. The number of carbonyl (C=O) groups excluding carboxylic acids is 1. The number of hydrogen-bond donors (Lipinski definition) is 1. The van der Waals surface area contributed by atoms with Gasteiger partial charge in [0, 0.05) is 41.2 Å². The van der Waals surface area contributed by atoms with E-state index in [2.05, 4.69) is 54.4 Å². The topological polar surface area (TPSA) is 59.8 Å². The van der Waals surface area contributed by atoms with Gasteiger partial charge in [-0.3, -0.25) is 14.5 Å². The van der Waals surface area contributed by atoms with Crippen molar-refractivity contribution in [3.8, 4) is 11.1 Å². The van der Waals surface area contributed by atoms with Crippen LogP contribution in [0, 0.1) is 0 Å². The number of rotatable bonds is 3. The summed E-state index contributed by atoms with van der Waals surface area (Å²) in [5.74, 6) is 0.497. The lowest BCUT2D eigenvalue weighted by Gasteiger charge is -2.13. The monoisotopic (exact) mass is 384 g/mol. The van der Waals surface area contributed by atoms with Crippen LogP contribution >= 0.6 is 0 Å². The summed E-state index contributed by atoms with van der Waals surface area (Å²) in [6.45, 7) is 6.29. The number of carbonyl (C=O) groups is 1. The average Bonchev–Trinajstić information content (AvgIpc) is 3.08. The summed E-state index contributed by atoms with van der Waals surface area (Å²) < 4.78 is 1.70. The first-order chi connectivity index (χ1) is 13.8. The maximum atomic E-state index is 12.8. The second-order valence-corrected chi connectivity index (χ2v) is 8.24. The first kappa shape index (κ1) is 18.9. The van der Waals surface area contributed by atoms with Crippen molar-refractivity contribution >= 4 is 22.6 Å². The Kier molecular flexibility index (Phi) is 4.66. The molecule has 0 unspecified atom stereocenters. The maximum Gasteiger partial charge on any atom is 0.256 e. The second kappa shape index (κ2) is 7.17. The lowest BCUT2D eigenvalue weighted by molar-refractivity contribution is 0.102. The molecule has 4 rings (SSSR count). The molecule has 1 N–H and O–H groups in total. The Labute approximate surface area is 170 Å². The van der Waals surface area contributed by atoms with Crippen molar-refractivity contribution in [2.24, 2.45) is 7.05 Å². The molecule has 4 aromatic rings. The van der Waals surface area contributed by atoms with Crippen molar-refractivity contribution in [3.63, 3.8) is 0 Å². The van der Waals surface area contributed by atoms with E-state index in [1.807, 2.05) is 55.7 Å². The van der Waals surface area contributed by atoms with Gasteiger partial charge in [0.15, 0.2) is 0 Å². The fraction of sp³-hybridized carbons (Fsp3) is 0.208. The molecule has 1 amide bonds. The molecule has 0 saturated carbocycles. The van der Waals surface area contributed by atoms with Crippen LogP contribution in [0.4, 0.5) is 5.82 Å². The largest absolute Gasteiger partial charge is 0.307 e. The van der Waals surface area contributed by atoms with Crippen molar-refractivity contribution in [1.29, 1.82) is 0 Å². The second-order valence-electron chi connectivity index (χ2n) is 8.24. The summed E-state index contributed by atoms with van der Waals surface area (Å²) in [6.07, 6.45) is 1.84. The lowest BCUT2D eigenvalue weighted by Crippen LogP contribution is -2.14. The van der Waals surface area contributed by atoms with Crippen molar-refractivity contribution in [1.82, 2.24) is 14.8 Å². The molecule has 5 nitrogen and oxygen atoms in total. The molecule has 0 fully saturated rings. The smallest absolute Gasteiger partial charge is 0.256 e. The normalized spacial score (nSPS) is 11.6. The minimum Gasteiger partial charge on any atom is -0.307 e. The Morgan fingerprint density at radius 2 is 1.72 bits per heavy atom. The number of pyridine rings is 1. The van der Waals surface area contributed by atoms with Crippen LogP contribution < -0.4 is 5.32 Å². The summed E-state index contributed by atoms with van der Waals surface area (Å²) in [4.78, 5) is 17.3. The molecule has 29 heavy (non-hydrogen) atoms. The van der Waals surface area contributed by atoms with Crippen LogP contribution in [0.15, 0.2) is 66.9 Å². The van der Waals surface area contributed by atoms with Crippen LogP contribution in [0.1, 0.15) is 36.8 Å². The summed E-state index contributed by atoms with van der Waals surface area (Å²) in [7, 11) is 1.83. The molecule has 0 saturated heterocycles. The minimum absolute atomic E-state index is 0.0793. The highest BCUT2D eigenvalue weighted by atomic mass is 16.1. The van der Waals surface area contributed by atoms with Gasteiger partial charge in [0.2, 0.25) is 0 Å². The van der Waals surface area contributed by atoms with Crippen LogP contribution in [0.5, 0.6) is 0 Å². The van der Waals surface area contributed by atoms with Crippen LogP contribution in [0.2, 0.25) is 0 Å². The summed E-state index contributed by atoms with van der Waals surface area (Å²) in [5.41, 5.74) is 4.39. The Balaban J connectivity index is 1.60. The SMILES string of the molecule is Cn1nc(C(C)(C)C)cc1NC(=O)c1ccc2cc(-c3ccccc3)cnc2c1. The average molecular weight is 384 g/mol. The predicted molar refractivity (Wildman–Crippen MR) is 117 cm³/mol. The number of anilines is 1. The van der Waals surface area contributed by atoms with E-state index in [1.54, 1.807) is 4.68 Å². The van der Waals surface area contributed by atoms with E-state index in [0.717, 1.165) is 27.7 Å². The van der Waals surface area contributed by atoms with Gasteiger partial charge in [-0.05, 0) is 23.8 Å². The van der Waals surface area contributed by atoms with Crippen molar-refractivity contribution < 1.29 is 4.79 Å². The van der Waals surface area contributed by atoms with Crippen LogP contribution in [0.25, 0.3) is 22.0 Å². The first-order valence-corrected chi connectivity index (χ1v) is 9.62. The van der Waals surface area contributed by atoms with Gasteiger partial charge >= 0.3 is 0 Å². The molecule has 0 aliphatic heterocycles. The van der Waals surface area contributed by atoms with E-state index in [-0.39, 0.29) is 11.3 Å². The third kappa shape index (κ3) is 3.90. The van der Waals surface area contributed by atoms with E-state index < -0.39 is 0 Å².